The number of nitrogens with zero attached hydrogens (tertiary/aromatic N) is 2. The molecule has 1 aliphatic heterocycles. The van der Waals surface area contributed by atoms with E-state index in [-0.39, 0.29) is 21.2 Å². The number of halogens is 4. The molecular formula is C15H11F4N3O3S. The van der Waals surface area contributed by atoms with Crippen LogP contribution in [0.3, 0.4) is 0 Å². The summed E-state index contributed by atoms with van der Waals surface area (Å²) >= 11 is 0.806. The predicted octanol–water partition coefficient (Wildman–Crippen LogP) is 2.76. The van der Waals surface area contributed by atoms with Gasteiger partial charge in [0.1, 0.15) is 5.82 Å². The van der Waals surface area contributed by atoms with Crippen molar-refractivity contribution in [3.05, 3.63) is 45.6 Å². The molecule has 1 saturated heterocycles. The predicted molar refractivity (Wildman–Crippen MR) is 87.0 cm³/mol. The summed E-state index contributed by atoms with van der Waals surface area (Å²) in [4.78, 5) is 22.7. The highest BCUT2D eigenvalue weighted by Gasteiger charge is 2.35. The SMILES string of the molecule is COC(=O)/C=C1/S/C(=N\N=Cc2cc(C)c(F)c(C(F)(F)F)c2)NC1=O. The maximum atomic E-state index is 13.6. The molecule has 0 saturated carbocycles. The van der Waals surface area contributed by atoms with Crippen LogP contribution < -0.4 is 5.32 Å². The standard InChI is InChI=1S/C15H11F4N3O3S/c1-7-3-8(4-9(12(7)16)15(17,18)19)6-20-22-14-21-13(24)10(26-14)5-11(23)25-2/h3-6H,1-2H3,(H,21,22,24)/b10-5+,20-6?. The van der Waals surface area contributed by atoms with Gasteiger partial charge in [-0.25, -0.2) is 9.18 Å². The Balaban J connectivity index is 2.20. The van der Waals surface area contributed by atoms with Gasteiger partial charge >= 0.3 is 12.1 Å². The Bertz CT molecular complexity index is 847. The molecule has 1 amide bonds. The topological polar surface area (TPSA) is 80.1 Å². The van der Waals surface area contributed by atoms with Crippen LogP contribution in [-0.2, 0) is 20.5 Å². The van der Waals surface area contributed by atoms with Gasteiger partial charge < -0.3 is 4.74 Å². The van der Waals surface area contributed by atoms with Crippen molar-refractivity contribution in [1.82, 2.24) is 5.32 Å². The fourth-order valence-corrected chi connectivity index (χ4v) is 2.61. The number of rotatable bonds is 3. The van der Waals surface area contributed by atoms with E-state index in [0.29, 0.717) is 6.07 Å². The highest BCUT2D eigenvalue weighted by molar-refractivity contribution is 8.18. The molecule has 0 spiro atoms. The summed E-state index contributed by atoms with van der Waals surface area (Å²) < 4.78 is 56.3. The molecule has 1 N–H and O–H groups in total. The lowest BCUT2D eigenvalue weighted by Crippen LogP contribution is -2.19. The van der Waals surface area contributed by atoms with Crippen LogP contribution in [0.15, 0.2) is 33.3 Å². The minimum absolute atomic E-state index is 0.0137. The van der Waals surface area contributed by atoms with Crippen LogP contribution in [0.5, 0.6) is 0 Å². The van der Waals surface area contributed by atoms with Gasteiger partial charge in [0.15, 0.2) is 5.17 Å². The van der Waals surface area contributed by atoms with Gasteiger partial charge in [0.25, 0.3) is 5.91 Å². The minimum atomic E-state index is -4.84. The number of alkyl halides is 3. The normalized spacial score (nSPS) is 18.0. The molecule has 0 aliphatic carbocycles. The van der Waals surface area contributed by atoms with E-state index in [2.05, 4.69) is 20.3 Å². The summed E-state index contributed by atoms with van der Waals surface area (Å²) in [7, 11) is 1.15. The summed E-state index contributed by atoms with van der Waals surface area (Å²) in [5, 5.41) is 9.57. The van der Waals surface area contributed by atoms with E-state index < -0.39 is 29.4 Å². The summed E-state index contributed by atoms with van der Waals surface area (Å²) in [5.74, 6) is -2.67. The number of amidine groups is 1. The lowest BCUT2D eigenvalue weighted by atomic mass is 10.1. The third kappa shape index (κ3) is 4.69. The summed E-state index contributed by atoms with van der Waals surface area (Å²) in [6.45, 7) is 1.20. The quantitative estimate of drug-likeness (QED) is 0.283. The number of amides is 1. The van der Waals surface area contributed by atoms with Gasteiger partial charge in [0.2, 0.25) is 0 Å². The van der Waals surface area contributed by atoms with Crippen molar-refractivity contribution in [2.45, 2.75) is 13.1 Å². The van der Waals surface area contributed by atoms with E-state index >= 15 is 0 Å². The number of ether oxygens (including phenoxy) is 1. The molecule has 11 heteroatoms. The first-order valence-corrected chi connectivity index (χ1v) is 7.70. The summed E-state index contributed by atoms with van der Waals surface area (Å²) in [6.07, 6.45) is -2.89. The molecule has 6 nitrogen and oxygen atoms in total. The Morgan fingerprint density at radius 2 is 2.04 bits per heavy atom. The molecule has 0 radical (unpaired) electrons. The zero-order valence-electron chi connectivity index (χ0n) is 13.3. The average molecular weight is 389 g/mol. The third-order valence-corrected chi connectivity index (χ3v) is 3.94. The maximum absolute atomic E-state index is 13.6. The van der Waals surface area contributed by atoms with Crippen LogP contribution >= 0.6 is 11.8 Å². The van der Waals surface area contributed by atoms with Crippen LogP contribution in [-0.4, -0.2) is 30.4 Å². The van der Waals surface area contributed by atoms with Gasteiger partial charge in [-0.2, -0.15) is 18.3 Å². The van der Waals surface area contributed by atoms with E-state index in [0.717, 1.165) is 31.2 Å². The molecule has 1 aromatic rings. The lowest BCUT2D eigenvalue weighted by Gasteiger charge is -2.10. The Kier molecular flexibility index (Phi) is 5.80. The van der Waals surface area contributed by atoms with E-state index in [4.69, 9.17) is 0 Å². The zero-order chi connectivity index (χ0) is 19.5. The number of nitrogens with one attached hydrogen (secondary N) is 1. The van der Waals surface area contributed by atoms with Crippen LogP contribution in [0.2, 0.25) is 0 Å². The van der Waals surface area contributed by atoms with Crippen LogP contribution in [0.4, 0.5) is 17.6 Å². The zero-order valence-corrected chi connectivity index (χ0v) is 14.2. The van der Waals surface area contributed by atoms with Gasteiger partial charge in [-0.3, -0.25) is 10.1 Å². The monoisotopic (exact) mass is 389 g/mol. The minimum Gasteiger partial charge on any atom is -0.466 e. The number of hydrogen-bond donors (Lipinski definition) is 1. The van der Waals surface area contributed by atoms with Crippen molar-refractivity contribution in [2.75, 3.05) is 7.11 Å². The number of benzene rings is 1. The number of esters is 1. The largest absolute Gasteiger partial charge is 0.466 e. The Morgan fingerprint density at radius 1 is 1.35 bits per heavy atom. The Morgan fingerprint density at radius 3 is 2.65 bits per heavy atom. The van der Waals surface area contributed by atoms with Crippen LogP contribution in [0.25, 0.3) is 0 Å². The molecule has 1 heterocycles. The highest BCUT2D eigenvalue weighted by Crippen LogP contribution is 2.33. The van der Waals surface area contributed by atoms with E-state index in [1.54, 1.807) is 0 Å². The van der Waals surface area contributed by atoms with Gasteiger partial charge in [0.05, 0.1) is 23.8 Å². The summed E-state index contributed by atoms with van der Waals surface area (Å²) in [5.41, 5.74) is -1.61. The van der Waals surface area contributed by atoms with E-state index in [9.17, 15) is 27.2 Å². The molecule has 1 aromatic carbocycles. The van der Waals surface area contributed by atoms with Crippen LogP contribution in [0, 0.1) is 12.7 Å². The highest BCUT2D eigenvalue weighted by atomic mass is 32.2. The number of carbonyl (C=O) groups excluding carboxylic acids is 2. The van der Waals surface area contributed by atoms with Crippen molar-refractivity contribution >= 4 is 35.0 Å². The first kappa shape index (κ1) is 19.6. The molecule has 0 atom stereocenters. The first-order valence-electron chi connectivity index (χ1n) is 6.89. The first-order chi connectivity index (χ1) is 12.1. The molecule has 2 rings (SSSR count). The lowest BCUT2D eigenvalue weighted by molar-refractivity contribution is -0.140. The smallest absolute Gasteiger partial charge is 0.419 e. The summed E-state index contributed by atoms with van der Waals surface area (Å²) in [6, 6.07) is 1.78. The van der Waals surface area contributed by atoms with Gasteiger partial charge in [-0.15, -0.1) is 5.10 Å². The molecule has 0 unspecified atom stereocenters. The van der Waals surface area contributed by atoms with Crippen molar-refractivity contribution < 1.29 is 31.9 Å². The fourth-order valence-electron chi connectivity index (χ4n) is 1.87. The van der Waals surface area contributed by atoms with Gasteiger partial charge in [-0.05, 0) is 41.9 Å². The molecule has 1 fully saturated rings. The second kappa shape index (κ2) is 7.68. The van der Waals surface area contributed by atoms with E-state index in [1.807, 2.05) is 0 Å². The van der Waals surface area contributed by atoms with Crippen molar-refractivity contribution in [3.8, 4) is 0 Å². The fraction of sp³-hybridized carbons (Fsp3) is 0.200. The Hall–Kier alpha value is -2.69. The third-order valence-electron chi connectivity index (χ3n) is 3.04. The van der Waals surface area contributed by atoms with Crippen molar-refractivity contribution in [3.63, 3.8) is 0 Å². The van der Waals surface area contributed by atoms with Crippen molar-refractivity contribution in [2.24, 2.45) is 10.2 Å². The molecule has 1 aliphatic rings. The van der Waals surface area contributed by atoms with Gasteiger partial charge in [-0.1, -0.05) is 0 Å². The number of carbonyl (C=O) groups is 2. The maximum Gasteiger partial charge on any atom is 0.419 e. The van der Waals surface area contributed by atoms with Gasteiger partial charge in [0, 0.05) is 6.08 Å². The molecule has 138 valence electrons. The molecule has 26 heavy (non-hydrogen) atoms. The number of aryl methyl sites for hydroxylation is 1. The molecule has 0 bridgehead atoms. The van der Waals surface area contributed by atoms with E-state index in [1.165, 1.54) is 13.0 Å². The van der Waals surface area contributed by atoms with Crippen LogP contribution in [0.1, 0.15) is 16.7 Å². The number of hydrogen-bond acceptors (Lipinski definition) is 6. The molecular weight excluding hydrogens is 378 g/mol. The van der Waals surface area contributed by atoms with Crippen molar-refractivity contribution in [1.29, 1.82) is 0 Å². The number of thioether (sulfide) groups is 1. The second-order valence-corrected chi connectivity index (χ2v) is 5.97. The Labute approximate surface area is 149 Å². The average Bonchev–Trinajstić information content (AvgIpc) is 2.89. The second-order valence-electron chi connectivity index (χ2n) is 4.93. The molecule has 0 aromatic heterocycles. The number of methoxy groups -OCH3 is 1.